The van der Waals surface area contributed by atoms with Gasteiger partial charge in [-0.2, -0.15) is 0 Å². The summed E-state index contributed by atoms with van der Waals surface area (Å²) in [5.74, 6) is 0. The van der Waals surface area contributed by atoms with Gasteiger partial charge in [-0.05, 0) is 72.8 Å². The third-order valence-corrected chi connectivity index (χ3v) is 6.03. The minimum absolute atomic E-state index is 0.295. The lowest BCUT2D eigenvalue weighted by atomic mass is 9.70. The summed E-state index contributed by atoms with van der Waals surface area (Å²) in [4.78, 5) is 0. The van der Waals surface area contributed by atoms with E-state index in [0.717, 1.165) is 17.4 Å². The van der Waals surface area contributed by atoms with Crippen molar-refractivity contribution in [2.45, 2.75) is 84.2 Å². The molecule has 0 saturated carbocycles. The Bertz CT molecular complexity index is 493. The zero-order chi connectivity index (χ0) is 17.3. The largest absolute Gasteiger partial charge is 0.490 e. The molecule has 0 N–H and O–H groups in total. The van der Waals surface area contributed by atoms with E-state index in [2.05, 4.69) is 67.5 Å². The van der Waals surface area contributed by atoms with Crippen LogP contribution in [0.25, 0.3) is 0 Å². The van der Waals surface area contributed by atoms with Crippen molar-refractivity contribution in [1.82, 2.24) is 0 Å². The van der Waals surface area contributed by atoms with Gasteiger partial charge in [0.2, 0.25) is 0 Å². The van der Waals surface area contributed by atoms with Gasteiger partial charge in [0.1, 0.15) is 0 Å². The Morgan fingerprint density at radius 2 is 0.870 bits per heavy atom. The van der Waals surface area contributed by atoms with Gasteiger partial charge >= 0.3 is 14.2 Å². The average Bonchev–Trinajstić information content (AvgIpc) is 2.96. The normalized spacial score (nSPS) is 30.6. The Kier molecular flexibility index (Phi) is 3.74. The molecule has 0 unspecified atom stereocenters. The molecule has 126 valence electrons. The highest BCUT2D eigenvalue weighted by molar-refractivity contribution is 6.58. The Morgan fingerprint density at radius 3 is 1.13 bits per heavy atom. The van der Waals surface area contributed by atoms with Crippen LogP contribution in [0.2, 0.25) is 0 Å². The maximum atomic E-state index is 6.14. The van der Waals surface area contributed by atoms with E-state index in [0.29, 0.717) is 0 Å². The summed E-state index contributed by atoms with van der Waals surface area (Å²) in [6.07, 6.45) is 4.94. The molecule has 0 aromatic heterocycles. The van der Waals surface area contributed by atoms with Crippen LogP contribution >= 0.6 is 0 Å². The fraction of sp³-hybridized carbons (Fsp3) is 0.765. The molecule has 1 aliphatic carbocycles. The number of hydrogen-bond acceptors (Lipinski definition) is 4. The predicted octanol–water partition coefficient (Wildman–Crippen LogP) is 3.51. The lowest BCUT2D eigenvalue weighted by Crippen LogP contribution is -2.41. The Morgan fingerprint density at radius 1 is 0.609 bits per heavy atom. The van der Waals surface area contributed by atoms with Gasteiger partial charge in [-0.15, -0.1) is 0 Å². The third-order valence-electron chi connectivity index (χ3n) is 6.03. The fourth-order valence-electron chi connectivity index (χ4n) is 2.88. The van der Waals surface area contributed by atoms with E-state index in [-0.39, 0.29) is 36.6 Å². The van der Waals surface area contributed by atoms with E-state index < -0.39 is 0 Å². The first-order valence-corrected chi connectivity index (χ1v) is 8.45. The van der Waals surface area contributed by atoms with Crippen molar-refractivity contribution < 1.29 is 18.6 Å². The van der Waals surface area contributed by atoms with Crippen LogP contribution < -0.4 is 0 Å². The van der Waals surface area contributed by atoms with Gasteiger partial charge in [-0.25, -0.2) is 0 Å². The van der Waals surface area contributed by atoms with Crippen molar-refractivity contribution in [3.05, 3.63) is 23.1 Å². The molecule has 3 rings (SSSR count). The summed E-state index contributed by atoms with van der Waals surface area (Å²) in [6.45, 7) is 16.6. The van der Waals surface area contributed by atoms with Gasteiger partial charge in [0.05, 0.1) is 22.4 Å². The average molecular weight is 318 g/mol. The Labute approximate surface area is 140 Å². The molecule has 2 saturated heterocycles. The lowest BCUT2D eigenvalue weighted by molar-refractivity contribution is 0.00578. The van der Waals surface area contributed by atoms with E-state index in [4.69, 9.17) is 18.6 Å². The summed E-state index contributed by atoms with van der Waals surface area (Å²) in [5.41, 5.74) is 1.01. The second-order valence-electron chi connectivity index (χ2n) is 8.84. The molecule has 2 aliphatic heterocycles. The highest BCUT2D eigenvalue weighted by Gasteiger charge is 2.55. The van der Waals surface area contributed by atoms with Crippen molar-refractivity contribution in [1.29, 1.82) is 0 Å². The standard InChI is InChI=1S/C17H28B2O4/c1-14(2)15(3,4)21-18(20-14)12-9-10-13(11-12)19-22-16(5,6)17(7,8)23-19/h9-10H,11H2,1-8H3. The maximum absolute atomic E-state index is 6.14. The van der Waals surface area contributed by atoms with Gasteiger partial charge in [-0.1, -0.05) is 12.2 Å². The van der Waals surface area contributed by atoms with E-state index in [1.807, 2.05) is 0 Å². The summed E-state index contributed by atoms with van der Waals surface area (Å²) >= 11 is 0. The molecule has 0 bridgehead atoms. The highest BCUT2D eigenvalue weighted by Crippen LogP contribution is 2.43. The Balaban J connectivity index is 1.66. The van der Waals surface area contributed by atoms with Crippen LogP contribution in [-0.2, 0) is 18.6 Å². The first-order valence-electron chi connectivity index (χ1n) is 8.45. The molecule has 4 nitrogen and oxygen atoms in total. The summed E-state index contributed by atoms with van der Waals surface area (Å²) in [5, 5.41) is 0. The molecular weight excluding hydrogens is 290 g/mol. The smallest absolute Gasteiger partial charge is 0.400 e. The van der Waals surface area contributed by atoms with E-state index in [1.165, 1.54) is 0 Å². The van der Waals surface area contributed by atoms with Crippen molar-refractivity contribution in [3.63, 3.8) is 0 Å². The number of rotatable bonds is 2. The van der Waals surface area contributed by atoms with Crippen molar-refractivity contribution >= 4 is 14.2 Å². The molecule has 0 aromatic carbocycles. The zero-order valence-electron chi connectivity index (χ0n) is 15.6. The maximum Gasteiger partial charge on any atom is 0.490 e. The second kappa shape index (κ2) is 4.98. The molecule has 6 heteroatoms. The fourth-order valence-corrected chi connectivity index (χ4v) is 2.88. The van der Waals surface area contributed by atoms with Crippen molar-refractivity contribution in [2.24, 2.45) is 0 Å². The first kappa shape index (κ1) is 17.3. The van der Waals surface area contributed by atoms with Gasteiger partial charge in [-0.3, -0.25) is 0 Å². The first-order chi connectivity index (χ1) is 10.3. The van der Waals surface area contributed by atoms with Crippen LogP contribution in [0.1, 0.15) is 61.8 Å². The summed E-state index contributed by atoms with van der Waals surface area (Å²) in [6, 6.07) is 0. The van der Waals surface area contributed by atoms with E-state index in [9.17, 15) is 0 Å². The third kappa shape index (κ3) is 2.74. The van der Waals surface area contributed by atoms with Crippen molar-refractivity contribution in [3.8, 4) is 0 Å². The molecule has 0 aromatic rings. The van der Waals surface area contributed by atoms with Crippen LogP contribution in [0, 0.1) is 0 Å². The predicted molar refractivity (Wildman–Crippen MR) is 92.9 cm³/mol. The molecule has 2 heterocycles. The lowest BCUT2D eigenvalue weighted by Gasteiger charge is -2.32. The monoisotopic (exact) mass is 318 g/mol. The molecular formula is C17H28B2O4. The minimum atomic E-state index is -0.314. The molecule has 0 amide bonds. The van der Waals surface area contributed by atoms with E-state index >= 15 is 0 Å². The molecule has 3 aliphatic rings. The van der Waals surface area contributed by atoms with E-state index in [1.54, 1.807) is 0 Å². The highest BCUT2D eigenvalue weighted by atomic mass is 16.7. The molecule has 0 radical (unpaired) electrons. The number of allylic oxidation sites excluding steroid dienone is 4. The van der Waals surface area contributed by atoms with Gasteiger partial charge in [0, 0.05) is 0 Å². The van der Waals surface area contributed by atoms with Crippen LogP contribution in [-0.4, -0.2) is 36.6 Å². The van der Waals surface area contributed by atoms with Gasteiger partial charge in [0.25, 0.3) is 0 Å². The molecule has 0 atom stereocenters. The van der Waals surface area contributed by atoms with Crippen LogP contribution in [0.3, 0.4) is 0 Å². The number of hydrogen-bond donors (Lipinski definition) is 0. The van der Waals surface area contributed by atoms with Gasteiger partial charge < -0.3 is 18.6 Å². The summed E-state index contributed by atoms with van der Waals surface area (Å²) in [7, 11) is -0.590. The molecule has 2 fully saturated rings. The van der Waals surface area contributed by atoms with Crippen molar-refractivity contribution in [2.75, 3.05) is 0 Å². The van der Waals surface area contributed by atoms with Crippen LogP contribution in [0.4, 0.5) is 0 Å². The summed E-state index contributed by atoms with van der Waals surface area (Å²) < 4.78 is 24.5. The topological polar surface area (TPSA) is 36.9 Å². The SMILES string of the molecule is CC1(C)OB(C2=CC=C(B3OC(C)(C)C(C)(C)O3)C2)OC1(C)C. The Hall–Kier alpha value is -0.550. The van der Waals surface area contributed by atoms with Crippen LogP contribution in [0.15, 0.2) is 23.1 Å². The molecule has 23 heavy (non-hydrogen) atoms. The van der Waals surface area contributed by atoms with Gasteiger partial charge in [0.15, 0.2) is 0 Å². The molecule has 0 spiro atoms. The minimum Gasteiger partial charge on any atom is -0.400 e. The quantitative estimate of drug-likeness (QED) is 0.730. The van der Waals surface area contributed by atoms with Crippen LogP contribution in [0.5, 0.6) is 0 Å². The zero-order valence-corrected chi connectivity index (χ0v) is 15.6. The second-order valence-corrected chi connectivity index (χ2v) is 8.84.